The molecule has 0 saturated carbocycles. The van der Waals surface area contributed by atoms with Gasteiger partial charge in [-0.05, 0) is 52.3 Å². The van der Waals surface area contributed by atoms with Gasteiger partial charge in [0.2, 0.25) is 5.91 Å². The lowest BCUT2D eigenvalue weighted by Crippen LogP contribution is -2.39. The fraction of sp³-hybridized carbons (Fsp3) is 0.522. The molecule has 0 radical (unpaired) electrons. The van der Waals surface area contributed by atoms with Gasteiger partial charge in [-0.15, -0.1) is 0 Å². The Morgan fingerprint density at radius 2 is 1.84 bits per heavy atom. The molecule has 2 aliphatic heterocycles. The van der Waals surface area contributed by atoms with Crippen LogP contribution in [0.25, 0.3) is 0 Å². The minimum atomic E-state index is -0.522. The number of nitrogens with zero attached hydrogens (tertiary/aromatic N) is 3. The van der Waals surface area contributed by atoms with Crippen LogP contribution in [0.1, 0.15) is 55.8 Å². The molecule has 31 heavy (non-hydrogen) atoms. The number of amides is 2. The smallest absolute Gasteiger partial charge is 0.410 e. The van der Waals surface area contributed by atoms with Gasteiger partial charge in [-0.25, -0.2) is 9.78 Å². The van der Waals surface area contributed by atoms with Gasteiger partial charge in [-0.2, -0.15) is 0 Å². The number of anilines is 1. The zero-order chi connectivity index (χ0) is 22.0. The Kier molecular flexibility index (Phi) is 6.29. The van der Waals surface area contributed by atoms with Crippen LogP contribution in [0.3, 0.4) is 0 Å². The maximum Gasteiger partial charge on any atom is 0.410 e. The van der Waals surface area contributed by atoms with Crippen molar-refractivity contribution in [1.29, 1.82) is 0 Å². The summed E-state index contributed by atoms with van der Waals surface area (Å²) in [6.45, 7) is 8.47. The van der Waals surface area contributed by atoms with E-state index in [1.54, 1.807) is 4.90 Å². The van der Waals surface area contributed by atoms with Crippen LogP contribution in [-0.4, -0.2) is 52.0 Å². The highest BCUT2D eigenvalue weighted by atomic mass is 32.1. The second-order valence-corrected chi connectivity index (χ2v) is 10.2. The third kappa shape index (κ3) is 5.25. The van der Waals surface area contributed by atoms with Gasteiger partial charge in [0.25, 0.3) is 0 Å². The number of benzene rings is 1. The monoisotopic (exact) mass is 442 g/mol. The largest absolute Gasteiger partial charge is 0.444 e. The molecular formula is C23H30N4O3S. The van der Waals surface area contributed by atoms with Crippen LogP contribution in [0.4, 0.5) is 9.93 Å². The molecule has 2 aliphatic rings. The zero-order valence-electron chi connectivity index (χ0n) is 18.4. The predicted octanol–water partition coefficient (Wildman–Crippen LogP) is 4.21. The summed E-state index contributed by atoms with van der Waals surface area (Å²) in [6.07, 6.45) is 2.58. The fourth-order valence-electron chi connectivity index (χ4n) is 4.07. The summed E-state index contributed by atoms with van der Waals surface area (Å²) < 4.78 is 5.50. The van der Waals surface area contributed by atoms with E-state index in [0.717, 1.165) is 42.1 Å². The topological polar surface area (TPSA) is 74.8 Å². The van der Waals surface area contributed by atoms with Crippen molar-refractivity contribution in [3.63, 3.8) is 0 Å². The van der Waals surface area contributed by atoms with Crippen molar-refractivity contribution >= 4 is 28.5 Å². The van der Waals surface area contributed by atoms with Gasteiger partial charge < -0.3 is 15.0 Å². The molecule has 2 amide bonds. The summed E-state index contributed by atoms with van der Waals surface area (Å²) in [5.41, 5.74) is 1.43. The zero-order valence-corrected chi connectivity index (χ0v) is 19.2. The van der Waals surface area contributed by atoms with E-state index in [0.29, 0.717) is 24.6 Å². The van der Waals surface area contributed by atoms with Gasteiger partial charge in [0.05, 0.1) is 12.2 Å². The van der Waals surface area contributed by atoms with Crippen LogP contribution in [0, 0.1) is 0 Å². The molecule has 1 aromatic heterocycles. The van der Waals surface area contributed by atoms with E-state index in [1.807, 2.05) is 51.1 Å². The number of hydrogen-bond acceptors (Lipinski definition) is 6. The van der Waals surface area contributed by atoms with Gasteiger partial charge in [0, 0.05) is 17.8 Å². The maximum atomic E-state index is 13.3. The molecule has 4 rings (SSSR count). The molecule has 7 nitrogen and oxygen atoms in total. The average Bonchev–Trinajstić information content (AvgIpc) is 3.36. The molecule has 1 unspecified atom stereocenters. The number of nitrogens with one attached hydrogen (secondary N) is 1. The quantitative estimate of drug-likeness (QED) is 0.768. The van der Waals surface area contributed by atoms with Gasteiger partial charge >= 0.3 is 6.09 Å². The molecule has 2 aromatic rings. The van der Waals surface area contributed by atoms with Gasteiger partial charge in [-0.3, -0.25) is 9.69 Å². The van der Waals surface area contributed by atoms with E-state index >= 15 is 0 Å². The molecule has 0 aliphatic carbocycles. The Hall–Kier alpha value is -2.45. The Morgan fingerprint density at radius 1 is 1.13 bits per heavy atom. The maximum absolute atomic E-state index is 13.3. The van der Waals surface area contributed by atoms with Crippen molar-refractivity contribution in [2.75, 3.05) is 25.0 Å². The van der Waals surface area contributed by atoms with Crippen LogP contribution in [0.2, 0.25) is 0 Å². The van der Waals surface area contributed by atoms with E-state index in [-0.39, 0.29) is 18.0 Å². The minimum absolute atomic E-state index is 0.0526. The normalized spacial score (nSPS) is 17.8. The highest BCUT2D eigenvalue weighted by molar-refractivity contribution is 7.15. The highest BCUT2D eigenvalue weighted by Gasteiger charge is 2.32. The molecule has 1 fully saturated rings. The molecule has 0 spiro atoms. The molecule has 1 saturated heterocycles. The summed E-state index contributed by atoms with van der Waals surface area (Å²) in [5.74, 6) is -0.0526. The number of aromatic nitrogens is 1. The Balaban J connectivity index is 1.46. The summed E-state index contributed by atoms with van der Waals surface area (Å²) >= 11 is 1.45. The molecule has 8 heteroatoms. The van der Waals surface area contributed by atoms with Crippen LogP contribution >= 0.6 is 11.3 Å². The number of thiazole rings is 1. The minimum Gasteiger partial charge on any atom is -0.444 e. The number of hydrogen-bond donors (Lipinski definition) is 1. The third-order valence-electron chi connectivity index (χ3n) is 5.48. The molecule has 1 N–H and O–H groups in total. The van der Waals surface area contributed by atoms with E-state index in [1.165, 1.54) is 11.3 Å². The highest BCUT2D eigenvalue weighted by Crippen LogP contribution is 2.31. The van der Waals surface area contributed by atoms with Crippen LogP contribution in [-0.2, 0) is 22.5 Å². The standard InChI is InChI=1S/C23H30N4O3S/c1-23(2,3)30-22(29)27-14-11-17-18(15-27)31-21(24-17)25-20(28)19(26-12-7-8-13-26)16-9-5-4-6-10-16/h4-6,9-10,19H,7-8,11-15H2,1-3H3,(H,24,25,28). The SMILES string of the molecule is CC(C)(C)OC(=O)N1CCc2nc(NC(=O)C(c3ccccc3)N3CCCC3)sc2C1. The molecule has 166 valence electrons. The summed E-state index contributed by atoms with van der Waals surface area (Å²) in [7, 11) is 0. The first-order valence-electron chi connectivity index (χ1n) is 10.9. The molecule has 3 heterocycles. The lowest BCUT2D eigenvalue weighted by Gasteiger charge is -2.29. The van der Waals surface area contributed by atoms with Crippen LogP contribution < -0.4 is 5.32 Å². The molecule has 0 bridgehead atoms. The van der Waals surface area contributed by atoms with Gasteiger partial charge in [0.1, 0.15) is 11.6 Å². The first kappa shape index (κ1) is 21.8. The second-order valence-electron chi connectivity index (χ2n) is 9.09. The van der Waals surface area contributed by atoms with Gasteiger partial charge in [-0.1, -0.05) is 41.7 Å². The Morgan fingerprint density at radius 3 is 2.52 bits per heavy atom. The second kappa shape index (κ2) is 8.96. The molecular weight excluding hydrogens is 412 g/mol. The van der Waals surface area contributed by atoms with E-state index in [4.69, 9.17) is 4.74 Å². The first-order chi connectivity index (χ1) is 14.8. The first-order valence-corrected chi connectivity index (χ1v) is 11.7. The lowest BCUT2D eigenvalue weighted by atomic mass is 10.0. The average molecular weight is 443 g/mol. The third-order valence-corrected chi connectivity index (χ3v) is 6.48. The summed E-state index contributed by atoms with van der Waals surface area (Å²) in [5, 5.41) is 3.65. The summed E-state index contributed by atoms with van der Waals surface area (Å²) in [4.78, 5) is 35.3. The predicted molar refractivity (Wildman–Crippen MR) is 121 cm³/mol. The van der Waals surface area contributed by atoms with E-state index < -0.39 is 5.60 Å². The molecule has 1 aromatic carbocycles. The van der Waals surface area contributed by atoms with Crippen molar-refractivity contribution in [2.45, 2.75) is 58.2 Å². The number of carbonyl (C=O) groups excluding carboxylic acids is 2. The van der Waals surface area contributed by atoms with Crippen LogP contribution in [0.15, 0.2) is 30.3 Å². The van der Waals surface area contributed by atoms with Crippen molar-refractivity contribution in [3.05, 3.63) is 46.5 Å². The van der Waals surface area contributed by atoms with Crippen molar-refractivity contribution in [1.82, 2.24) is 14.8 Å². The Bertz CT molecular complexity index is 932. The number of likely N-dealkylation sites (tertiary alicyclic amines) is 1. The Labute approximate surface area is 187 Å². The number of ether oxygens (including phenoxy) is 1. The molecule has 1 atom stereocenters. The van der Waals surface area contributed by atoms with Crippen molar-refractivity contribution < 1.29 is 14.3 Å². The van der Waals surface area contributed by atoms with Crippen molar-refractivity contribution in [2.24, 2.45) is 0 Å². The van der Waals surface area contributed by atoms with Crippen LogP contribution in [0.5, 0.6) is 0 Å². The number of rotatable bonds is 4. The van der Waals surface area contributed by atoms with Gasteiger partial charge in [0.15, 0.2) is 5.13 Å². The van der Waals surface area contributed by atoms with E-state index in [2.05, 4.69) is 15.2 Å². The summed E-state index contributed by atoms with van der Waals surface area (Å²) in [6, 6.07) is 9.61. The number of fused-ring (bicyclic) bond motifs is 1. The van der Waals surface area contributed by atoms with Crippen molar-refractivity contribution in [3.8, 4) is 0 Å². The fourth-order valence-corrected chi connectivity index (χ4v) is 5.09. The van der Waals surface area contributed by atoms with E-state index in [9.17, 15) is 9.59 Å². The lowest BCUT2D eigenvalue weighted by molar-refractivity contribution is -0.121. The number of carbonyl (C=O) groups is 2.